The highest BCUT2D eigenvalue weighted by molar-refractivity contribution is 5.89. The maximum atomic E-state index is 14.9. The molecule has 2 aromatic rings. The summed E-state index contributed by atoms with van der Waals surface area (Å²) in [6.07, 6.45) is 3.51. The summed E-state index contributed by atoms with van der Waals surface area (Å²) in [4.78, 5) is 30.7. The van der Waals surface area contributed by atoms with Gasteiger partial charge in [0, 0.05) is 13.1 Å². The van der Waals surface area contributed by atoms with Crippen LogP contribution in [0.15, 0.2) is 17.1 Å². The lowest BCUT2D eigenvalue weighted by atomic mass is 10.0. The standard InChI is InChI=1S/C18H20FN3O4.ClH/c1-9-15-12(10-2-3-10)6-13(18(24)25)17(23)22(15)8-14(19)16(9)21-5-4-11(7-21)26-20;/h6,8,10-11H,2-5,7,20H2,1H3,(H,24,25);1H/t11-;/m0./s1. The number of carbonyl (C=O) groups is 1. The number of nitrogens with zero attached hydrogens (tertiary/aromatic N) is 2. The lowest BCUT2D eigenvalue weighted by molar-refractivity contribution is 0.0688. The van der Waals surface area contributed by atoms with Crippen LogP contribution in [0.5, 0.6) is 0 Å². The number of aryl methyl sites for hydroxylation is 1. The Morgan fingerprint density at radius 1 is 1.37 bits per heavy atom. The van der Waals surface area contributed by atoms with Crippen molar-refractivity contribution in [1.29, 1.82) is 0 Å². The van der Waals surface area contributed by atoms with Gasteiger partial charge < -0.3 is 10.0 Å². The summed E-state index contributed by atoms with van der Waals surface area (Å²) in [7, 11) is 0. The average Bonchev–Trinajstić information content (AvgIpc) is 3.33. The minimum Gasteiger partial charge on any atom is -0.477 e. The average molecular weight is 398 g/mol. The van der Waals surface area contributed by atoms with E-state index < -0.39 is 17.3 Å². The number of hydrogen-bond acceptors (Lipinski definition) is 5. The van der Waals surface area contributed by atoms with Gasteiger partial charge in [0.15, 0.2) is 5.82 Å². The number of hydrogen-bond donors (Lipinski definition) is 2. The van der Waals surface area contributed by atoms with E-state index in [4.69, 9.17) is 10.7 Å². The molecule has 4 rings (SSSR count). The molecule has 9 heteroatoms. The molecule has 1 saturated heterocycles. The molecule has 0 bridgehead atoms. The van der Waals surface area contributed by atoms with Crippen LogP contribution in [0.4, 0.5) is 10.1 Å². The van der Waals surface area contributed by atoms with Crippen molar-refractivity contribution in [2.24, 2.45) is 5.90 Å². The molecule has 1 aliphatic carbocycles. The minimum atomic E-state index is -1.30. The Morgan fingerprint density at radius 2 is 2.07 bits per heavy atom. The summed E-state index contributed by atoms with van der Waals surface area (Å²) in [5, 5.41) is 9.33. The summed E-state index contributed by atoms with van der Waals surface area (Å²) in [5.74, 6) is 3.61. The van der Waals surface area contributed by atoms with Crippen LogP contribution < -0.4 is 16.4 Å². The predicted molar refractivity (Wildman–Crippen MR) is 100 cm³/mol. The maximum absolute atomic E-state index is 14.9. The van der Waals surface area contributed by atoms with E-state index in [-0.39, 0.29) is 30.0 Å². The summed E-state index contributed by atoms with van der Waals surface area (Å²) >= 11 is 0. The third kappa shape index (κ3) is 3.18. The zero-order valence-electron chi connectivity index (χ0n) is 14.8. The highest BCUT2D eigenvalue weighted by Gasteiger charge is 2.32. The summed E-state index contributed by atoms with van der Waals surface area (Å²) in [6.45, 7) is 2.85. The van der Waals surface area contributed by atoms with Gasteiger partial charge in [0.1, 0.15) is 5.56 Å². The second-order valence-electron chi connectivity index (χ2n) is 7.06. The quantitative estimate of drug-likeness (QED) is 0.768. The summed E-state index contributed by atoms with van der Waals surface area (Å²) in [6, 6.07) is 1.46. The fraction of sp³-hybridized carbons (Fsp3) is 0.444. The second kappa shape index (κ2) is 7.10. The molecule has 2 aliphatic rings. The van der Waals surface area contributed by atoms with Gasteiger partial charge in [-0.3, -0.25) is 14.0 Å². The van der Waals surface area contributed by atoms with E-state index in [0.29, 0.717) is 36.3 Å². The molecule has 27 heavy (non-hydrogen) atoms. The van der Waals surface area contributed by atoms with Gasteiger partial charge in [-0.2, -0.15) is 0 Å². The monoisotopic (exact) mass is 397 g/mol. The first-order valence-electron chi connectivity index (χ1n) is 8.64. The van der Waals surface area contributed by atoms with Gasteiger partial charge in [-0.15, -0.1) is 12.4 Å². The van der Waals surface area contributed by atoms with E-state index in [1.807, 2.05) is 4.90 Å². The zero-order chi connectivity index (χ0) is 18.6. The second-order valence-corrected chi connectivity index (χ2v) is 7.06. The van der Waals surface area contributed by atoms with Gasteiger partial charge in [-0.1, -0.05) is 0 Å². The van der Waals surface area contributed by atoms with E-state index in [9.17, 15) is 19.1 Å². The van der Waals surface area contributed by atoms with Gasteiger partial charge in [0.05, 0.1) is 23.5 Å². The number of carboxylic acids is 1. The van der Waals surface area contributed by atoms with Crippen LogP contribution in [0, 0.1) is 12.7 Å². The Balaban J connectivity index is 0.00000210. The first-order chi connectivity index (χ1) is 12.4. The number of aromatic nitrogens is 1. The van der Waals surface area contributed by atoms with E-state index in [1.165, 1.54) is 6.07 Å². The van der Waals surface area contributed by atoms with Crippen LogP contribution in [-0.2, 0) is 4.84 Å². The van der Waals surface area contributed by atoms with E-state index in [1.54, 1.807) is 6.92 Å². The van der Waals surface area contributed by atoms with Gasteiger partial charge in [-0.05, 0) is 49.3 Å². The van der Waals surface area contributed by atoms with Gasteiger partial charge in [0.25, 0.3) is 5.56 Å². The minimum absolute atomic E-state index is 0. The van der Waals surface area contributed by atoms with Crippen molar-refractivity contribution in [2.75, 3.05) is 18.0 Å². The fourth-order valence-electron chi connectivity index (χ4n) is 3.93. The Morgan fingerprint density at radius 3 is 2.63 bits per heavy atom. The van der Waals surface area contributed by atoms with E-state index in [2.05, 4.69) is 0 Å². The molecule has 0 aromatic carbocycles. The first-order valence-corrected chi connectivity index (χ1v) is 8.64. The number of carboxylic acid groups (broad SMARTS) is 1. The fourth-order valence-corrected chi connectivity index (χ4v) is 3.93. The lowest BCUT2D eigenvalue weighted by Crippen LogP contribution is -2.28. The molecular weight excluding hydrogens is 377 g/mol. The number of aromatic carboxylic acids is 1. The Hall–Kier alpha value is -2.16. The number of anilines is 1. The SMILES string of the molecule is Cc1c(N2CC[C@H](ON)C2)c(F)cn2c(=O)c(C(=O)O)cc(C3CC3)c12.Cl. The van der Waals surface area contributed by atoms with Crippen LogP contribution in [0.3, 0.4) is 0 Å². The highest BCUT2D eigenvalue weighted by Crippen LogP contribution is 2.44. The lowest BCUT2D eigenvalue weighted by Gasteiger charge is -2.24. The number of halogens is 2. The molecular formula is C18H21ClFN3O4. The molecule has 1 atom stereocenters. The molecule has 0 unspecified atom stereocenters. The van der Waals surface area contributed by atoms with Crippen molar-refractivity contribution in [3.63, 3.8) is 0 Å². The maximum Gasteiger partial charge on any atom is 0.341 e. The molecule has 3 heterocycles. The molecule has 0 amide bonds. The molecule has 0 radical (unpaired) electrons. The van der Waals surface area contributed by atoms with Crippen LogP contribution in [0.1, 0.15) is 46.7 Å². The molecule has 1 saturated carbocycles. The van der Waals surface area contributed by atoms with Crippen LogP contribution in [0.2, 0.25) is 0 Å². The van der Waals surface area contributed by atoms with E-state index in [0.717, 1.165) is 29.0 Å². The van der Waals surface area contributed by atoms with Crippen molar-refractivity contribution in [3.8, 4) is 0 Å². The van der Waals surface area contributed by atoms with Crippen molar-refractivity contribution in [1.82, 2.24) is 4.40 Å². The number of fused-ring (bicyclic) bond motifs is 1. The van der Waals surface area contributed by atoms with Crippen molar-refractivity contribution in [3.05, 3.63) is 45.1 Å². The van der Waals surface area contributed by atoms with E-state index >= 15 is 0 Å². The van der Waals surface area contributed by atoms with Crippen LogP contribution in [-0.4, -0.2) is 34.7 Å². The molecule has 2 fully saturated rings. The molecule has 1 aliphatic heterocycles. The predicted octanol–water partition coefficient (Wildman–Crippen LogP) is 2.21. The molecule has 3 N–H and O–H groups in total. The Kier molecular flexibility index (Phi) is 5.16. The molecule has 7 nitrogen and oxygen atoms in total. The van der Waals surface area contributed by atoms with Crippen molar-refractivity contribution in [2.45, 2.75) is 38.2 Å². The van der Waals surface area contributed by atoms with Gasteiger partial charge in [0.2, 0.25) is 0 Å². The van der Waals surface area contributed by atoms with Gasteiger partial charge >= 0.3 is 5.97 Å². The summed E-state index contributed by atoms with van der Waals surface area (Å²) in [5.41, 5.74) is 1.43. The van der Waals surface area contributed by atoms with Crippen molar-refractivity contribution >= 4 is 29.6 Å². The number of nitrogens with two attached hydrogens (primary N) is 1. The zero-order valence-corrected chi connectivity index (χ0v) is 15.6. The summed E-state index contributed by atoms with van der Waals surface area (Å²) < 4.78 is 16.1. The van der Waals surface area contributed by atoms with Crippen LogP contribution in [0.25, 0.3) is 5.52 Å². The molecule has 0 spiro atoms. The topological polar surface area (TPSA) is 97.3 Å². The third-order valence-electron chi connectivity index (χ3n) is 5.34. The normalized spacial score (nSPS) is 19.4. The highest BCUT2D eigenvalue weighted by atomic mass is 35.5. The Labute approximate surface area is 160 Å². The smallest absolute Gasteiger partial charge is 0.341 e. The van der Waals surface area contributed by atoms with Gasteiger partial charge in [-0.25, -0.2) is 15.1 Å². The van der Waals surface area contributed by atoms with Crippen LogP contribution >= 0.6 is 12.4 Å². The molecule has 146 valence electrons. The van der Waals surface area contributed by atoms with Crippen molar-refractivity contribution < 1.29 is 19.1 Å². The Bertz CT molecular complexity index is 973. The number of pyridine rings is 2. The first kappa shape index (κ1) is 19.6. The largest absolute Gasteiger partial charge is 0.477 e. The third-order valence-corrected chi connectivity index (χ3v) is 5.34. The molecule has 2 aromatic heterocycles. The number of rotatable bonds is 4.